The SMILES string of the molecule is CNC(=O)CNc1ncccc1C#N. The van der Waals surface area contributed by atoms with Gasteiger partial charge in [0.15, 0.2) is 0 Å². The van der Waals surface area contributed by atoms with Crippen molar-refractivity contribution < 1.29 is 4.79 Å². The normalized spacial score (nSPS) is 8.86. The second kappa shape index (κ2) is 4.82. The molecule has 0 aliphatic carbocycles. The van der Waals surface area contributed by atoms with E-state index in [0.717, 1.165) is 0 Å². The average molecular weight is 190 g/mol. The number of pyridine rings is 1. The molecule has 0 aliphatic heterocycles. The Kier molecular flexibility index (Phi) is 3.44. The molecule has 1 aromatic rings. The summed E-state index contributed by atoms with van der Waals surface area (Å²) in [7, 11) is 1.55. The smallest absolute Gasteiger partial charge is 0.239 e. The van der Waals surface area contributed by atoms with Gasteiger partial charge in [-0.2, -0.15) is 5.26 Å². The molecule has 1 rings (SSSR count). The Morgan fingerprint density at radius 3 is 3.14 bits per heavy atom. The van der Waals surface area contributed by atoms with Gasteiger partial charge in [-0.1, -0.05) is 0 Å². The highest BCUT2D eigenvalue weighted by atomic mass is 16.1. The van der Waals surface area contributed by atoms with Gasteiger partial charge in [0.2, 0.25) is 5.91 Å². The molecule has 0 aliphatic rings. The molecular formula is C9H10N4O. The summed E-state index contributed by atoms with van der Waals surface area (Å²) in [5, 5.41) is 13.9. The molecule has 0 unspecified atom stereocenters. The number of hydrogen-bond donors (Lipinski definition) is 2. The van der Waals surface area contributed by atoms with Gasteiger partial charge in [0, 0.05) is 13.2 Å². The first kappa shape index (κ1) is 9.99. The molecule has 0 fully saturated rings. The van der Waals surface area contributed by atoms with Crippen molar-refractivity contribution in [3.63, 3.8) is 0 Å². The predicted octanol–water partition coefficient (Wildman–Crippen LogP) is 0.111. The fraction of sp³-hybridized carbons (Fsp3) is 0.222. The molecule has 72 valence electrons. The summed E-state index contributed by atoms with van der Waals surface area (Å²) in [6.45, 7) is 0.113. The van der Waals surface area contributed by atoms with Crippen LogP contribution in [0.5, 0.6) is 0 Å². The summed E-state index contributed by atoms with van der Waals surface area (Å²) in [5.41, 5.74) is 0.427. The van der Waals surface area contributed by atoms with Gasteiger partial charge < -0.3 is 10.6 Å². The van der Waals surface area contributed by atoms with Crippen LogP contribution in [0.1, 0.15) is 5.56 Å². The van der Waals surface area contributed by atoms with Crippen molar-refractivity contribution in [3.8, 4) is 6.07 Å². The van der Waals surface area contributed by atoms with Gasteiger partial charge in [-0.25, -0.2) is 4.98 Å². The number of nitriles is 1. The van der Waals surface area contributed by atoms with Crippen molar-refractivity contribution in [3.05, 3.63) is 23.9 Å². The molecule has 1 heterocycles. The Balaban J connectivity index is 2.68. The number of anilines is 1. The fourth-order valence-electron chi connectivity index (χ4n) is 0.889. The highest BCUT2D eigenvalue weighted by Gasteiger charge is 2.03. The lowest BCUT2D eigenvalue weighted by Gasteiger charge is -2.04. The first-order chi connectivity index (χ1) is 6.77. The van der Waals surface area contributed by atoms with Crippen LogP contribution in [-0.2, 0) is 4.79 Å². The predicted molar refractivity (Wildman–Crippen MR) is 51.5 cm³/mol. The van der Waals surface area contributed by atoms with E-state index in [2.05, 4.69) is 15.6 Å². The van der Waals surface area contributed by atoms with Crippen molar-refractivity contribution in [2.75, 3.05) is 18.9 Å². The number of rotatable bonds is 3. The van der Waals surface area contributed by atoms with Gasteiger partial charge in [-0.05, 0) is 12.1 Å². The summed E-state index contributed by atoms with van der Waals surface area (Å²) in [4.78, 5) is 14.8. The highest BCUT2D eigenvalue weighted by molar-refractivity contribution is 5.80. The molecule has 0 atom stereocenters. The van der Waals surface area contributed by atoms with Crippen LogP contribution in [0.3, 0.4) is 0 Å². The van der Waals surface area contributed by atoms with Crippen LogP contribution >= 0.6 is 0 Å². The molecule has 0 bridgehead atoms. The first-order valence-corrected chi connectivity index (χ1v) is 4.07. The standard InChI is InChI=1S/C9H10N4O/c1-11-8(14)6-13-9-7(5-10)3-2-4-12-9/h2-4H,6H2,1H3,(H,11,14)(H,12,13). The Hall–Kier alpha value is -2.09. The van der Waals surface area contributed by atoms with Crippen molar-refractivity contribution in [1.29, 1.82) is 5.26 Å². The van der Waals surface area contributed by atoms with Gasteiger partial charge >= 0.3 is 0 Å². The molecule has 1 amide bonds. The van der Waals surface area contributed by atoms with Crippen molar-refractivity contribution in [2.45, 2.75) is 0 Å². The maximum absolute atomic E-state index is 10.9. The van der Waals surface area contributed by atoms with Crippen LogP contribution in [0, 0.1) is 11.3 Å². The minimum Gasteiger partial charge on any atom is -0.360 e. The quantitative estimate of drug-likeness (QED) is 0.709. The number of amides is 1. The highest BCUT2D eigenvalue weighted by Crippen LogP contribution is 2.08. The van der Waals surface area contributed by atoms with Crippen LogP contribution in [0.2, 0.25) is 0 Å². The third kappa shape index (κ3) is 2.45. The molecule has 0 saturated carbocycles. The van der Waals surface area contributed by atoms with Crippen molar-refractivity contribution >= 4 is 11.7 Å². The van der Waals surface area contributed by atoms with E-state index in [1.165, 1.54) is 0 Å². The second-order valence-corrected chi connectivity index (χ2v) is 2.54. The number of likely N-dealkylation sites (N-methyl/N-ethyl adjacent to an activating group) is 1. The summed E-state index contributed by atoms with van der Waals surface area (Å²) >= 11 is 0. The molecular weight excluding hydrogens is 180 g/mol. The molecule has 2 N–H and O–H groups in total. The number of carbonyl (C=O) groups excluding carboxylic acids is 1. The van der Waals surface area contributed by atoms with E-state index >= 15 is 0 Å². The first-order valence-electron chi connectivity index (χ1n) is 4.07. The summed E-state index contributed by atoms with van der Waals surface area (Å²) in [6.07, 6.45) is 1.56. The third-order valence-electron chi connectivity index (χ3n) is 1.62. The number of carbonyl (C=O) groups is 1. The molecule has 0 spiro atoms. The number of aromatic nitrogens is 1. The zero-order valence-corrected chi connectivity index (χ0v) is 7.74. The van der Waals surface area contributed by atoms with Crippen LogP contribution in [0.4, 0.5) is 5.82 Å². The maximum Gasteiger partial charge on any atom is 0.239 e. The van der Waals surface area contributed by atoms with E-state index in [9.17, 15) is 4.79 Å². The molecule has 0 radical (unpaired) electrons. The number of hydrogen-bond acceptors (Lipinski definition) is 4. The second-order valence-electron chi connectivity index (χ2n) is 2.54. The van der Waals surface area contributed by atoms with Gasteiger partial charge in [0.25, 0.3) is 0 Å². The monoisotopic (exact) mass is 190 g/mol. The van der Waals surface area contributed by atoms with E-state index in [1.54, 1.807) is 25.4 Å². The Bertz CT molecular complexity index is 369. The van der Waals surface area contributed by atoms with Crippen LogP contribution in [0.25, 0.3) is 0 Å². The van der Waals surface area contributed by atoms with E-state index in [-0.39, 0.29) is 12.5 Å². The largest absolute Gasteiger partial charge is 0.360 e. The summed E-state index contributed by atoms with van der Waals surface area (Å²) in [5.74, 6) is 0.276. The zero-order chi connectivity index (χ0) is 10.4. The lowest BCUT2D eigenvalue weighted by molar-refractivity contribution is -0.118. The maximum atomic E-state index is 10.9. The number of nitrogens with zero attached hydrogens (tertiary/aromatic N) is 2. The van der Waals surface area contributed by atoms with E-state index in [1.807, 2.05) is 6.07 Å². The van der Waals surface area contributed by atoms with Crippen molar-refractivity contribution in [1.82, 2.24) is 10.3 Å². The van der Waals surface area contributed by atoms with Gasteiger partial charge in [-0.3, -0.25) is 4.79 Å². The van der Waals surface area contributed by atoms with E-state index in [0.29, 0.717) is 11.4 Å². The summed E-state index contributed by atoms with van der Waals surface area (Å²) in [6, 6.07) is 5.29. The molecule has 5 heteroatoms. The third-order valence-corrected chi connectivity index (χ3v) is 1.62. The minimum atomic E-state index is -0.153. The molecule has 5 nitrogen and oxygen atoms in total. The topological polar surface area (TPSA) is 77.8 Å². The Morgan fingerprint density at radius 1 is 1.71 bits per heavy atom. The van der Waals surface area contributed by atoms with Crippen LogP contribution in [0.15, 0.2) is 18.3 Å². The van der Waals surface area contributed by atoms with E-state index in [4.69, 9.17) is 5.26 Å². The van der Waals surface area contributed by atoms with E-state index < -0.39 is 0 Å². The number of nitrogens with one attached hydrogen (secondary N) is 2. The zero-order valence-electron chi connectivity index (χ0n) is 7.74. The Morgan fingerprint density at radius 2 is 2.50 bits per heavy atom. The lowest BCUT2D eigenvalue weighted by atomic mass is 10.3. The van der Waals surface area contributed by atoms with Crippen LogP contribution < -0.4 is 10.6 Å². The molecule has 0 aromatic carbocycles. The van der Waals surface area contributed by atoms with Crippen molar-refractivity contribution in [2.24, 2.45) is 0 Å². The average Bonchev–Trinajstić information content (AvgIpc) is 2.26. The molecule has 1 aromatic heterocycles. The van der Waals surface area contributed by atoms with Gasteiger partial charge in [0.1, 0.15) is 11.9 Å². The Labute approximate surface area is 81.8 Å². The minimum absolute atomic E-state index is 0.113. The molecule has 14 heavy (non-hydrogen) atoms. The van der Waals surface area contributed by atoms with Gasteiger partial charge in [0.05, 0.1) is 12.1 Å². The summed E-state index contributed by atoms with van der Waals surface area (Å²) < 4.78 is 0. The fourth-order valence-corrected chi connectivity index (χ4v) is 0.889. The van der Waals surface area contributed by atoms with Crippen LogP contribution in [-0.4, -0.2) is 24.5 Å². The molecule has 0 saturated heterocycles. The lowest BCUT2D eigenvalue weighted by Crippen LogP contribution is -2.26. The van der Waals surface area contributed by atoms with Gasteiger partial charge in [-0.15, -0.1) is 0 Å².